The molecule has 1 aromatic rings. The normalized spacial score (nSPS) is 25.4. The lowest BCUT2D eigenvalue weighted by Crippen LogP contribution is -2.47. The number of piperidine rings is 1. The van der Waals surface area contributed by atoms with Crippen molar-refractivity contribution in [3.8, 4) is 5.75 Å². The molecule has 88 valence electrons. The quantitative estimate of drug-likeness (QED) is 0.856. The molecule has 1 fully saturated rings. The highest BCUT2D eigenvalue weighted by molar-refractivity contribution is 6.31. The van der Waals surface area contributed by atoms with Crippen molar-refractivity contribution in [3.63, 3.8) is 0 Å². The van der Waals surface area contributed by atoms with Gasteiger partial charge < -0.3 is 10.1 Å². The Morgan fingerprint density at radius 2 is 2.25 bits per heavy atom. The van der Waals surface area contributed by atoms with E-state index in [-0.39, 0.29) is 5.60 Å². The Morgan fingerprint density at radius 1 is 1.44 bits per heavy atom. The SMILES string of the molecule is Cc1cc(OC2(C)CCCNC2)ccc1Cl. The lowest BCUT2D eigenvalue weighted by atomic mass is 9.96. The van der Waals surface area contributed by atoms with Crippen molar-refractivity contribution in [3.05, 3.63) is 28.8 Å². The molecule has 2 rings (SSSR count). The van der Waals surface area contributed by atoms with Gasteiger partial charge in [-0.1, -0.05) is 11.6 Å². The molecule has 0 bridgehead atoms. The molecule has 0 aromatic heterocycles. The van der Waals surface area contributed by atoms with Crippen LogP contribution >= 0.6 is 11.6 Å². The molecule has 1 N–H and O–H groups in total. The number of nitrogens with one attached hydrogen (secondary N) is 1. The van der Waals surface area contributed by atoms with Crippen LogP contribution in [0.15, 0.2) is 18.2 Å². The van der Waals surface area contributed by atoms with Gasteiger partial charge in [0.2, 0.25) is 0 Å². The fourth-order valence-corrected chi connectivity index (χ4v) is 2.20. The van der Waals surface area contributed by atoms with Crippen molar-refractivity contribution in [1.29, 1.82) is 0 Å². The van der Waals surface area contributed by atoms with Crippen molar-refractivity contribution in [2.75, 3.05) is 13.1 Å². The molecular weight excluding hydrogens is 222 g/mol. The lowest BCUT2D eigenvalue weighted by molar-refractivity contribution is 0.0614. The smallest absolute Gasteiger partial charge is 0.120 e. The van der Waals surface area contributed by atoms with E-state index in [2.05, 4.69) is 12.2 Å². The van der Waals surface area contributed by atoms with Crippen LogP contribution in [0.2, 0.25) is 5.02 Å². The third kappa shape index (κ3) is 2.69. The molecule has 1 aromatic carbocycles. The highest BCUT2D eigenvalue weighted by Crippen LogP contribution is 2.27. The number of benzene rings is 1. The minimum absolute atomic E-state index is 0.0848. The number of rotatable bonds is 2. The first-order chi connectivity index (χ1) is 7.59. The molecule has 0 aliphatic carbocycles. The summed E-state index contributed by atoms with van der Waals surface area (Å²) in [6.07, 6.45) is 2.27. The number of ether oxygens (including phenoxy) is 1. The highest BCUT2D eigenvalue weighted by Gasteiger charge is 2.28. The predicted octanol–water partition coefficient (Wildman–Crippen LogP) is 3.17. The molecule has 1 unspecified atom stereocenters. The second-order valence-corrected chi connectivity index (χ2v) is 5.15. The molecule has 1 aliphatic heterocycles. The van der Waals surface area contributed by atoms with E-state index in [1.54, 1.807) is 0 Å². The zero-order valence-electron chi connectivity index (χ0n) is 9.85. The summed E-state index contributed by atoms with van der Waals surface area (Å²) in [5.41, 5.74) is 0.977. The molecule has 1 saturated heterocycles. The van der Waals surface area contributed by atoms with E-state index in [1.165, 1.54) is 6.42 Å². The molecule has 2 nitrogen and oxygen atoms in total. The zero-order chi connectivity index (χ0) is 11.6. The van der Waals surface area contributed by atoms with E-state index in [0.29, 0.717) is 0 Å². The van der Waals surface area contributed by atoms with Crippen LogP contribution < -0.4 is 10.1 Å². The van der Waals surface area contributed by atoms with Crippen LogP contribution in [0.4, 0.5) is 0 Å². The van der Waals surface area contributed by atoms with Crippen LogP contribution in [0.5, 0.6) is 5.75 Å². The Bertz CT molecular complexity index is 372. The van der Waals surface area contributed by atoms with Crippen LogP contribution in [0.3, 0.4) is 0 Å². The van der Waals surface area contributed by atoms with Gasteiger partial charge in [-0.25, -0.2) is 0 Å². The Balaban J connectivity index is 2.10. The molecule has 0 saturated carbocycles. The number of hydrogen-bond acceptors (Lipinski definition) is 2. The van der Waals surface area contributed by atoms with Gasteiger partial charge >= 0.3 is 0 Å². The first-order valence-corrected chi connectivity index (χ1v) is 6.13. The van der Waals surface area contributed by atoms with Crippen LogP contribution in [0, 0.1) is 6.92 Å². The van der Waals surface area contributed by atoms with Gasteiger partial charge in [-0.2, -0.15) is 0 Å². The monoisotopic (exact) mass is 239 g/mol. The first-order valence-electron chi connectivity index (χ1n) is 5.75. The van der Waals surface area contributed by atoms with E-state index >= 15 is 0 Å². The Hall–Kier alpha value is -0.730. The van der Waals surface area contributed by atoms with Gasteiger partial charge in [-0.15, -0.1) is 0 Å². The van der Waals surface area contributed by atoms with Crippen LogP contribution in [-0.2, 0) is 0 Å². The molecule has 0 spiro atoms. The summed E-state index contributed by atoms with van der Waals surface area (Å²) in [4.78, 5) is 0. The average Bonchev–Trinajstić information content (AvgIpc) is 2.24. The number of hydrogen-bond donors (Lipinski definition) is 1. The van der Waals surface area contributed by atoms with Crippen molar-refractivity contribution in [2.24, 2.45) is 0 Å². The third-order valence-corrected chi connectivity index (χ3v) is 3.48. The second-order valence-electron chi connectivity index (χ2n) is 4.74. The molecular formula is C13H18ClNO. The maximum absolute atomic E-state index is 6.06. The van der Waals surface area contributed by atoms with Gasteiger partial charge in [0.25, 0.3) is 0 Å². The van der Waals surface area contributed by atoms with Crippen molar-refractivity contribution < 1.29 is 4.74 Å². The summed E-state index contributed by atoms with van der Waals surface area (Å²) in [5.74, 6) is 0.910. The van der Waals surface area contributed by atoms with Gasteiger partial charge in [-0.05, 0) is 57.0 Å². The minimum atomic E-state index is -0.0848. The molecule has 16 heavy (non-hydrogen) atoms. The Morgan fingerprint density at radius 3 is 2.88 bits per heavy atom. The van der Waals surface area contributed by atoms with Gasteiger partial charge in [-0.3, -0.25) is 0 Å². The average molecular weight is 240 g/mol. The molecule has 0 radical (unpaired) electrons. The largest absolute Gasteiger partial charge is 0.486 e. The summed E-state index contributed by atoms with van der Waals surface area (Å²) in [6, 6.07) is 5.84. The van der Waals surface area contributed by atoms with Gasteiger partial charge in [0.15, 0.2) is 0 Å². The van der Waals surface area contributed by atoms with Gasteiger partial charge in [0, 0.05) is 11.6 Å². The van der Waals surface area contributed by atoms with Gasteiger partial charge in [0.05, 0.1) is 0 Å². The maximum atomic E-state index is 6.06. The van der Waals surface area contributed by atoms with Crippen molar-refractivity contribution in [2.45, 2.75) is 32.3 Å². The van der Waals surface area contributed by atoms with E-state index in [9.17, 15) is 0 Å². The number of aryl methyl sites for hydroxylation is 1. The summed E-state index contributed by atoms with van der Waals surface area (Å²) in [6.45, 7) is 6.16. The summed E-state index contributed by atoms with van der Waals surface area (Å²) in [5, 5.41) is 4.16. The standard InChI is InChI=1S/C13H18ClNO/c1-10-8-11(4-5-12(10)14)16-13(2)6-3-7-15-9-13/h4-5,8,15H,3,6-7,9H2,1-2H3. The summed E-state index contributed by atoms with van der Waals surface area (Å²) >= 11 is 5.99. The highest BCUT2D eigenvalue weighted by atomic mass is 35.5. The van der Waals surface area contributed by atoms with Crippen molar-refractivity contribution in [1.82, 2.24) is 5.32 Å². The molecule has 1 aliphatic rings. The third-order valence-electron chi connectivity index (χ3n) is 3.05. The van der Waals surface area contributed by atoms with E-state index in [1.807, 2.05) is 25.1 Å². The van der Waals surface area contributed by atoms with Crippen LogP contribution in [0.1, 0.15) is 25.3 Å². The topological polar surface area (TPSA) is 21.3 Å². The Kier molecular flexibility index (Phi) is 3.41. The van der Waals surface area contributed by atoms with E-state index in [4.69, 9.17) is 16.3 Å². The fourth-order valence-electron chi connectivity index (χ4n) is 2.08. The maximum Gasteiger partial charge on any atom is 0.120 e. The molecule has 3 heteroatoms. The molecule has 1 heterocycles. The second kappa shape index (κ2) is 4.64. The number of halogens is 1. The van der Waals surface area contributed by atoms with Crippen LogP contribution in [-0.4, -0.2) is 18.7 Å². The molecule has 1 atom stereocenters. The minimum Gasteiger partial charge on any atom is -0.486 e. The summed E-state index contributed by atoms with van der Waals surface area (Å²) in [7, 11) is 0. The van der Waals surface area contributed by atoms with E-state index in [0.717, 1.165) is 35.8 Å². The summed E-state index contributed by atoms with van der Waals surface area (Å²) < 4.78 is 6.06. The Labute approximate surface area is 102 Å². The lowest BCUT2D eigenvalue weighted by Gasteiger charge is -2.34. The van der Waals surface area contributed by atoms with Crippen molar-refractivity contribution >= 4 is 11.6 Å². The fraction of sp³-hybridized carbons (Fsp3) is 0.538. The first kappa shape index (κ1) is 11.7. The van der Waals surface area contributed by atoms with Gasteiger partial charge in [0.1, 0.15) is 11.4 Å². The predicted molar refractivity (Wildman–Crippen MR) is 67.3 cm³/mol. The zero-order valence-corrected chi connectivity index (χ0v) is 10.6. The van der Waals surface area contributed by atoms with Crippen LogP contribution in [0.25, 0.3) is 0 Å². The van der Waals surface area contributed by atoms with E-state index < -0.39 is 0 Å². The molecule has 0 amide bonds.